The number of nitrogens with zero attached hydrogens (tertiary/aromatic N) is 2. The number of hydrogen-bond acceptors (Lipinski definition) is 3. The van der Waals surface area contributed by atoms with Crippen molar-refractivity contribution in [3.05, 3.63) is 35.4 Å². The van der Waals surface area contributed by atoms with E-state index in [4.69, 9.17) is 0 Å². The Kier molecular flexibility index (Phi) is 7.91. The van der Waals surface area contributed by atoms with Crippen LogP contribution in [0.5, 0.6) is 0 Å². The Morgan fingerprint density at radius 2 is 1.84 bits per heavy atom. The maximum absolute atomic E-state index is 13.4. The number of benzene rings is 1. The van der Waals surface area contributed by atoms with Gasteiger partial charge < -0.3 is 10.2 Å². The van der Waals surface area contributed by atoms with Crippen molar-refractivity contribution in [1.82, 2.24) is 15.1 Å². The van der Waals surface area contributed by atoms with Crippen LogP contribution >= 0.6 is 0 Å². The molecule has 140 valence electrons. The van der Waals surface area contributed by atoms with Crippen LogP contribution in [0.15, 0.2) is 24.3 Å². The molecule has 2 atom stereocenters. The summed E-state index contributed by atoms with van der Waals surface area (Å²) in [5, 5.41) is 3.49. The first kappa shape index (κ1) is 19.9. The van der Waals surface area contributed by atoms with Gasteiger partial charge in [0.15, 0.2) is 0 Å². The molecule has 1 saturated heterocycles. The summed E-state index contributed by atoms with van der Waals surface area (Å²) in [5.74, 6) is 0.266. The SMILES string of the molecule is CCCN(CCC)C(=O)C(c1ccc(CC)cc1)N1CCNC(C)C1. The lowest BCUT2D eigenvalue weighted by atomic mass is 9.99. The number of aryl methyl sites for hydroxylation is 1. The monoisotopic (exact) mass is 345 g/mol. The number of piperazine rings is 1. The molecule has 1 N–H and O–H groups in total. The van der Waals surface area contributed by atoms with Crippen molar-refractivity contribution in [2.45, 2.75) is 59.0 Å². The molecule has 0 aromatic heterocycles. The Balaban J connectivity index is 2.30. The Morgan fingerprint density at radius 3 is 2.36 bits per heavy atom. The van der Waals surface area contributed by atoms with Crippen LogP contribution in [0.4, 0.5) is 0 Å². The molecule has 1 aliphatic heterocycles. The van der Waals surface area contributed by atoms with Crippen LogP contribution in [0.1, 0.15) is 57.7 Å². The summed E-state index contributed by atoms with van der Waals surface area (Å²) < 4.78 is 0. The first-order chi connectivity index (χ1) is 12.1. The van der Waals surface area contributed by atoms with Gasteiger partial charge in [-0.2, -0.15) is 0 Å². The lowest BCUT2D eigenvalue weighted by molar-refractivity contribution is -0.138. The Hall–Kier alpha value is -1.39. The van der Waals surface area contributed by atoms with Crippen LogP contribution in [0.2, 0.25) is 0 Å². The van der Waals surface area contributed by atoms with E-state index >= 15 is 0 Å². The normalized spacial score (nSPS) is 19.6. The van der Waals surface area contributed by atoms with Crippen molar-refractivity contribution < 1.29 is 4.79 Å². The molecule has 25 heavy (non-hydrogen) atoms. The van der Waals surface area contributed by atoms with Crippen molar-refractivity contribution >= 4 is 5.91 Å². The first-order valence-corrected chi connectivity index (χ1v) is 9.95. The minimum Gasteiger partial charge on any atom is -0.341 e. The molecule has 1 aliphatic rings. The van der Waals surface area contributed by atoms with E-state index in [1.54, 1.807) is 0 Å². The van der Waals surface area contributed by atoms with Crippen LogP contribution < -0.4 is 5.32 Å². The van der Waals surface area contributed by atoms with Crippen molar-refractivity contribution in [3.8, 4) is 0 Å². The molecule has 4 nitrogen and oxygen atoms in total. The molecule has 0 saturated carbocycles. The number of rotatable bonds is 8. The minimum absolute atomic E-state index is 0.159. The van der Waals surface area contributed by atoms with Gasteiger partial charge in [0.2, 0.25) is 5.91 Å². The zero-order chi connectivity index (χ0) is 18.2. The van der Waals surface area contributed by atoms with E-state index in [0.717, 1.165) is 57.5 Å². The second-order valence-corrected chi connectivity index (χ2v) is 7.17. The molecule has 1 aromatic carbocycles. The van der Waals surface area contributed by atoms with Gasteiger partial charge in [-0.25, -0.2) is 0 Å². The number of amides is 1. The summed E-state index contributed by atoms with van der Waals surface area (Å²) in [5.41, 5.74) is 2.45. The van der Waals surface area contributed by atoms with Crippen LogP contribution in [0.3, 0.4) is 0 Å². The van der Waals surface area contributed by atoms with Crippen molar-refractivity contribution in [2.75, 3.05) is 32.7 Å². The van der Waals surface area contributed by atoms with Crippen LogP contribution in [0, 0.1) is 0 Å². The van der Waals surface area contributed by atoms with E-state index < -0.39 is 0 Å². The van der Waals surface area contributed by atoms with Crippen molar-refractivity contribution in [3.63, 3.8) is 0 Å². The molecule has 2 unspecified atom stereocenters. The van der Waals surface area contributed by atoms with Gasteiger partial charge in [-0.05, 0) is 37.3 Å². The third kappa shape index (κ3) is 5.29. The molecule has 0 bridgehead atoms. The first-order valence-electron chi connectivity index (χ1n) is 9.95. The van der Waals surface area contributed by atoms with Crippen molar-refractivity contribution in [2.24, 2.45) is 0 Å². The number of nitrogens with one attached hydrogen (secondary N) is 1. The smallest absolute Gasteiger partial charge is 0.244 e. The highest BCUT2D eigenvalue weighted by atomic mass is 16.2. The van der Waals surface area contributed by atoms with Gasteiger partial charge in [0.25, 0.3) is 0 Å². The fourth-order valence-corrected chi connectivity index (χ4v) is 3.69. The summed E-state index contributed by atoms with van der Waals surface area (Å²) in [6.45, 7) is 13.1. The maximum Gasteiger partial charge on any atom is 0.244 e. The van der Waals surface area contributed by atoms with E-state index in [-0.39, 0.29) is 11.9 Å². The zero-order valence-electron chi connectivity index (χ0n) is 16.4. The quantitative estimate of drug-likeness (QED) is 0.786. The molecular formula is C21H35N3O. The largest absolute Gasteiger partial charge is 0.341 e. The molecule has 2 rings (SSSR count). The fraction of sp³-hybridized carbons (Fsp3) is 0.667. The van der Waals surface area contributed by atoms with E-state index in [2.05, 4.69) is 67.1 Å². The maximum atomic E-state index is 13.4. The number of carbonyl (C=O) groups excluding carboxylic acids is 1. The molecule has 0 spiro atoms. The minimum atomic E-state index is -0.159. The molecule has 1 aromatic rings. The summed E-state index contributed by atoms with van der Waals surface area (Å²) in [6, 6.07) is 8.92. The Morgan fingerprint density at radius 1 is 1.20 bits per heavy atom. The molecule has 0 radical (unpaired) electrons. The van der Waals surface area contributed by atoms with Gasteiger partial charge in [0, 0.05) is 38.8 Å². The van der Waals surface area contributed by atoms with Gasteiger partial charge in [-0.15, -0.1) is 0 Å². The van der Waals surface area contributed by atoms with E-state index in [9.17, 15) is 4.79 Å². The third-order valence-corrected chi connectivity index (χ3v) is 5.00. The number of carbonyl (C=O) groups is 1. The summed E-state index contributed by atoms with van der Waals surface area (Å²) in [4.78, 5) is 17.9. The van der Waals surface area contributed by atoms with E-state index in [0.29, 0.717) is 6.04 Å². The zero-order valence-corrected chi connectivity index (χ0v) is 16.4. The second-order valence-electron chi connectivity index (χ2n) is 7.17. The highest BCUT2D eigenvalue weighted by molar-refractivity contribution is 5.83. The summed E-state index contributed by atoms with van der Waals surface area (Å²) in [6.07, 6.45) is 3.04. The average molecular weight is 346 g/mol. The van der Waals surface area contributed by atoms with Gasteiger partial charge in [0.1, 0.15) is 6.04 Å². The van der Waals surface area contributed by atoms with E-state index in [1.165, 1.54) is 5.56 Å². The van der Waals surface area contributed by atoms with Crippen LogP contribution in [-0.4, -0.2) is 54.5 Å². The molecule has 1 amide bonds. The van der Waals surface area contributed by atoms with Crippen LogP contribution in [0.25, 0.3) is 0 Å². The lowest BCUT2D eigenvalue weighted by Crippen LogP contribution is -2.53. The van der Waals surface area contributed by atoms with Gasteiger partial charge in [-0.1, -0.05) is 45.0 Å². The molecular weight excluding hydrogens is 310 g/mol. The lowest BCUT2D eigenvalue weighted by Gasteiger charge is -2.39. The standard InChI is InChI=1S/C21H35N3O/c1-5-13-23(14-6-2)21(25)20(24-15-12-22-17(4)16-24)19-10-8-18(7-3)9-11-19/h8-11,17,20,22H,5-7,12-16H2,1-4H3. The van der Waals surface area contributed by atoms with Gasteiger partial charge >= 0.3 is 0 Å². The molecule has 1 fully saturated rings. The van der Waals surface area contributed by atoms with E-state index in [1.807, 2.05) is 0 Å². The summed E-state index contributed by atoms with van der Waals surface area (Å²) in [7, 11) is 0. The Labute approximate surface area is 153 Å². The van der Waals surface area contributed by atoms with Crippen LogP contribution in [-0.2, 0) is 11.2 Å². The van der Waals surface area contributed by atoms with Crippen molar-refractivity contribution in [1.29, 1.82) is 0 Å². The molecule has 1 heterocycles. The van der Waals surface area contributed by atoms with Gasteiger partial charge in [-0.3, -0.25) is 9.69 Å². The second kappa shape index (κ2) is 9.93. The third-order valence-electron chi connectivity index (χ3n) is 5.00. The highest BCUT2D eigenvalue weighted by Crippen LogP contribution is 2.25. The fourth-order valence-electron chi connectivity index (χ4n) is 3.69. The molecule has 4 heteroatoms. The predicted molar refractivity (Wildman–Crippen MR) is 105 cm³/mol. The number of hydrogen-bond donors (Lipinski definition) is 1. The predicted octanol–water partition coefficient (Wildman–Crippen LogP) is 3.23. The average Bonchev–Trinajstić information content (AvgIpc) is 2.62. The van der Waals surface area contributed by atoms with Gasteiger partial charge in [0.05, 0.1) is 0 Å². The summed E-state index contributed by atoms with van der Waals surface area (Å²) >= 11 is 0. The topological polar surface area (TPSA) is 35.6 Å². The Bertz CT molecular complexity index is 522. The molecule has 0 aliphatic carbocycles. The highest BCUT2D eigenvalue weighted by Gasteiger charge is 2.33.